The summed E-state index contributed by atoms with van der Waals surface area (Å²) in [5.74, 6) is -0.602. The number of imide groups is 1. The van der Waals surface area contributed by atoms with Crippen LogP contribution in [0.25, 0.3) is 0 Å². The van der Waals surface area contributed by atoms with Gasteiger partial charge in [0, 0.05) is 17.4 Å². The average Bonchev–Trinajstić information content (AvgIpc) is 2.85. The molecule has 1 N–H and O–H groups in total. The minimum Gasteiger partial charge on any atom is -0.350 e. The van der Waals surface area contributed by atoms with Crippen molar-refractivity contribution >= 4 is 33.7 Å². The minimum atomic E-state index is -0.147. The maximum atomic E-state index is 12.4. The molecule has 1 saturated heterocycles. The molecular weight excluding hydrogens is 384 g/mol. The Labute approximate surface area is 156 Å². The number of benzene rings is 1. The molecule has 3 rings (SSSR count). The molecule has 1 saturated carbocycles. The number of nitrogens with zero attached hydrogens (tertiary/aromatic N) is 1. The summed E-state index contributed by atoms with van der Waals surface area (Å²) >= 11 is 3.39. The number of fused-ring (bicyclic) bond motifs is 1. The van der Waals surface area contributed by atoms with Crippen LogP contribution in [0.2, 0.25) is 0 Å². The van der Waals surface area contributed by atoms with E-state index >= 15 is 0 Å². The summed E-state index contributed by atoms with van der Waals surface area (Å²) in [5.41, 5.74) is 1.01. The van der Waals surface area contributed by atoms with Crippen LogP contribution >= 0.6 is 15.9 Å². The van der Waals surface area contributed by atoms with Crippen molar-refractivity contribution in [2.75, 3.05) is 6.54 Å². The molecule has 0 spiro atoms. The molecule has 0 unspecified atom stereocenters. The zero-order valence-electron chi connectivity index (χ0n) is 14.3. The van der Waals surface area contributed by atoms with Gasteiger partial charge in [0.1, 0.15) is 0 Å². The predicted molar refractivity (Wildman–Crippen MR) is 97.5 cm³/mol. The van der Waals surface area contributed by atoms with Crippen LogP contribution in [0.15, 0.2) is 28.7 Å². The van der Waals surface area contributed by atoms with E-state index < -0.39 is 0 Å². The van der Waals surface area contributed by atoms with E-state index in [4.69, 9.17) is 0 Å². The second-order valence-corrected chi connectivity index (χ2v) is 7.83. The molecule has 1 heterocycles. The Morgan fingerprint density at radius 3 is 2.28 bits per heavy atom. The lowest BCUT2D eigenvalue weighted by molar-refractivity contribution is -0.140. The van der Waals surface area contributed by atoms with Gasteiger partial charge in [-0.2, -0.15) is 0 Å². The van der Waals surface area contributed by atoms with Crippen LogP contribution in [0.1, 0.15) is 50.6 Å². The van der Waals surface area contributed by atoms with Crippen molar-refractivity contribution in [2.24, 2.45) is 11.8 Å². The predicted octanol–water partition coefficient (Wildman–Crippen LogP) is 3.19. The number of halogens is 1. The third-order valence-electron chi connectivity index (χ3n) is 5.24. The molecule has 3 atom stereocenters. The number of nitrogens with one attached hydrogen (secondary N) is 1. The van der Waals surface area contributed by atoms with E-state index in [1.165, 1.54) is 4.90 Å². The van der Waals surface area contributed by atoms with Crippen LogP contribution in [-0.4, -0.2) is 29.2 Å². The SMILES string of the molecule is C[C@@H](NC(=O)CCN1C(=O)[C@H]2CCCC[C@@H]2C1=O)c1ccc(Br)cc1. The summed E-state index contributed by atoms with van der Waals surface area (Å²) < 4.78 is 0.988. The molecule has 1 aliphatic carbocycles. The molecule has 1 aromatic rings. The number of hydrogen-bond donors (Lipinski definition) is 1. The summed E-state index contributed by atoms with van der Waals surface area (Å²) in [7, 11) is 0. The van der Waals surface area contributed by atoms with Crippen molar-refractivity contribution in [3.05, 3.63) is 34.3 Å². The standard InChI is InChI=1S/C19H23BrN2O3/c1-12(13-6-8-14(20)9-7-13)21-17(23)10-11-22-18(24)15-4-2-3-5-16(15)19(22)25/h6-9,12,15-16H,2-5,10-11H2,1H3,(H,21,23)/t12-,15+,16+/m1/s1. The second kappa shape index (κ2) is 7.68. The largest absolute Gasteiger partial charge is 0.350 e. The molecule has 2 fully saturated rings. The molecule has 134 valence electrons. The molecular formula is C19H23BrN2O3. The molecule has 0 aromatic heterocycles. The Morgan fingerprint density at radius 1 is 1.16 bits per heavy atom. The van der Waals surface area contributed by atoms with E-state index in [9.17, 15) is 14.4 Å². The number of hydrogen-bond acceptors (Lipinski definition) is 3. The van der Waals surface area contributed by atoms with Gasteiger partial charge in [0.25, 0.3) is 0 Å². The first-order valence-corrected chi connectivity index (χ1v) is 9.66. The Kier molecular flexibility index (Phi) is 5.57. The summed E-state index contributed by atoms with van der Waals surface area (Å²) in [5, 5.41) is 2.93. The Hall–Kier alpha value is -1.69. The molecule has 0 bridgehead atoms. The smallest absolute Gasteiger partial charge is 0.233 e. The van der Waals surface area contributed by atoms with Gasteiger partial charge in [0.2, 0.25) is 17.7 Å². The Morgan fingerprint density at radius 2 is 1.72 bits per heavy atom. The average molecular weight is 407 g/mol. The van der Waals surface area contributed by atoms with Crippen LogP contribution in [-0.2, 0) is 14.4 Å². The molecule has 0 radical (unpaired) electrons. The summed E-state index contributed by atoms with van der Waals surface area (Å²) in [6, 6.07) is 7.65. The first kappa shape index (κ1) is 18.1. The van der Waals surface area contributed by atoms with Gasteiger partial charge in [0.05, 0.1) is 17.9 Å². The van der Waals surface area contributed by atoms with Crippen LogP contribution in [0, 0.1) is 11.8 Å². The van der Waals surface area contributed by atoms with Gasteiger partial charge in [0.15, 0.2) is 0 Å². The lowest BCUT2D eigenvalue weighted by Gasteiger charge is -2.19. The molecule has 1 aliphatic heterocycles. The van der Waals surface area contributed by atoms with Crippen LogP contribution < -0.4 is 5.32 Å². The lowest BCUT2D eigenvalue weighted by atomic mass is 9.81. The highest BCUT2D eigenvalue weighted by Gasteiger charge is 2.47. The van der Waals surface area contributed by atoms with Gasteiger partial charge in [-0.1, -0.05) is 40.9 Å². The normalized spacial score (nSPS) is 24.2. The molecule has 2 aliphatic rings. The summed E-state index contributed by atoms with van der Waals surface area (Å²) in [6.07, 6.45) is 3.79. The molecule has 25 heavy (non-hydrogen) atoms. The monoisotopic (exact) mass is 406 g/mol. The highest BCUT2D eigenvalue weighted by Crippen LogP contribution is 2.37. The first-order chi connectivity index (χ1) is 12.0. The maximum absolute atomic E-state index is 12.4. The van der Waals surface area contributed by atoms with Crippen molar-refractivity contribution in [1.29, 1.82) is 0 Å². The number of carbonyl (C=O) groups excluding carboxylic acids is 3. The van der Waals surface area contributed by atoms with Crippen molar-refractivity contribution < 1.29 is 14.4 Å². The Bertz CT molecular complexity index is 650. The van der Waals surface area contributed by atoms with E-state index in [0.717, 1.165) is 35.7 Å². The van der Waals surface area contributed by atoms with Crippen molar-refractivity contribution in [3.8, 4) is 0 Å². The third-order valence-corrected chi connectivity index (χ3v) is 5.77. The number of carbonyl (C=O) groups is 3. The van der Waals surface area contributed by atoms with Gasteiger partial charge >= 0.3 is 0 Å². The van der Waals surface area contributed by atoms with Crippen LogP contribution in [0.5, 0.6) is 0 Å². The molecule has 6 heteroatoms. The van der Waals surface area contributed by atoms with Gasteiger partial charge in [-0.25, -0.2) is 0 Å². The second-order valence-electron chi connectivity index (χ2n) is 6.92. The zero-order chi connectivity index (χ0) is 18.0. The van der Waals surface area contributed by atoms with Gasteiger partial charge in [-0.15, -0.1) is 0 Å². The van der Waals surface area contributed by atoms with Crippen LogP contribution in [0.3, 0.4) is 0 Å². The highest BCUT2D eigenvalue weighted by atomic mass is 79.9. The topological polar surface area (TPSA) is 66.5 Å². The molecule has 5 nitrogen and oxygen atoms in total. The number of amides is 3. The van der Waals surface area contributed by atoms with Gasteiger partial charge in [-0.3, -0.25) is 19.3 Å². The Balaban J connectivity index is 1.52. The van der Waals surface area contributed by atoms with E-state index in [1.54, 1.807) is 0 Å². The van der Waals surface area contributed by atoms with Crippen molar-refractivity contribution in [2.45, 2.75) is 45.1 Å². The zero-order valence-corrected chi connectivity index (χ0v) is 15.9. The number of likely N-dealkylation sites (tertiary alicyclic amines) is 1. The van der Waals surface area contributed by atoms with E-state index in [1.807, 2.05) is 31.2 Å². The van der Waals surface area contributed by atoms with E-state index in [2.05, 4.69) is 21.2 Å². The number of rotatable bonds is 5. The fraction of sp³-hybridized carbons (Fsp3) is 0.526. The highest BCUT2D eigenvalue weighted by molar-refractivity contribution is 9.10. The fourth-order valence-electron chi connectivity index (χ4n) is 3.81. The molecule has 1 aromatic carbocycles. The van der Waals surface area contributed by atoms with Crippen LogP contribution in [0.4, 0.5) is 0 Å². The third kappa shape index (κ3) is 3.94. The van der Waals surface area contributed by atoms with Gasteiger partial charge in [-0.05, 0) is 37.5 Å². The maximum Gasteiger partial charge on any atom is 0.233 e. The fourth-order valence-corrected chi connectivity index (χ4v) is 4.08. The molecule has 3 amide bonds. The van der Waals surface area contributed by atoms with Gasteiger partial charge < -0.3 is 5.32 Å². The van der Waals surface area contributed by atoms with E-state index in [-0.39, 0.29) is 48.6 Å². The summed E-state index contributed by atoms with van der Waals surface area (Å²) in [6.45, 7) is 2.10. The quantitative estimate of drug-likeness (QED) is 0.763. The summed E-state index contributed by atoms with van der Waals surface area (Å²) in [4.78, 5) is 38.3. The van der Waals surface area contributed by atoms with Crippen molar-refractivity contribution in [3.63, 3.8) is 0 Å². The van der Waals surface area contributed by atoms with E-state index in [0.29, 0.717) is 0 Å². The lowest BCUT2D eigenvalue weighted by Crippen LogP contribution is -2.36. The van der Waals surface area contributed by atoms with Crippen molar-refractivity contribution in [1.82, 2.24) is 10.2 Å². The minimum absolute atomic E-state index is 0.0801. The first-order valence-electron chi connectivity index (χ1n) is 8.87.